The van der Waals surface area contributed by atoms with Crippen LogP contribution in [-0.2, 0) is 15.7 Å². The monoisotopic (exact) mass is 306 g/mol. The highest BCUT2D eigenvalue weighted by Crippen LogP contribution is 2.35. The number of halogens is 3. The third kappa shape index (κ3) is 5.43. The third-order valence-corrected chi connectivity index (χ3v) is 3.05. The zero-order valence-electron chi connectivity index (χ0n) is 12.2. The molecule has 1 rings (SSSR count). The van der Waals surface area contributed by atoms with Crippen LogP contribution >= 0.6 is 0 Å². The maximum absolute atomic E-state index is 12.9. The molecule has 0 heterocycles. The number of methoxy groups -OCH3 is 2. The molecule has 0 aliphatic rings. The largest absolute Gasteiger partial charge is 0.418 e. The fourth-order valence-electron chi connectivity index (χ4n) is 1.96. The molecule has 0 aliphatic heterocycles. The fourth-order valence-corrected chi connectivity index (χ4v) is 1.96. The fraction of sp³-hybridized carbons (Fsp3) is 0.571. The second-order valence-corrected chi connectivity index (χ2v) is 4.60. The molecular formula is C14H21F3N2O2. The van der Waals surface area contributed by atoms with Crippen molar-refractivity contribution in [1.29, 1.82) is 0 Å². The Kier molecular flexibility index (Phi) is 6.77. The SMILES string of the molecule is COCCCN(CCOC)c1ccc(N)c(C(F)(F)F)c1. The number of hydrogen-bond donors (Lipinski definition) is 1. The predicted molar refractivity (Wildman–Crippen MR) is 76.4 cm³/mol. The van der Waals surface area contributed by atoms with Gasteiger partial charge in [-0.2, -0.15) is 13.2 Å². The molecule has 0 spiro atoms. The number of hydrogen-bond acceptors (Lipinski definition) is 4. The first-order valence-electron chi connectivity index (χ1n) is 6.59. The average molecular weight is 306 g/mol. The molecule has 0 bridgehead atoms. The molecule has 21 heavy (non-hydrogen) atoms. The van der Waals surface area contributed by atoms with E-state index in [9.17, 15) is 13.2 Å². The van der Waals surface area contributed by atoms with Crippen molar-refractivity contribution in [2.24, 2.45) is 0 Å². The quantitative estimate of drug-likeness (QED) is 0.592. The second kappa shape index (κ2) is 8.09. The Balaban J connectivity index is 2.95. The minimum atomic E-state index is -4.46. The van der Waals surface area contributed by atoms with Gasteiger partial charge in [-0.3, -0.25) is 0 Å². The lowest BCUT2D eigenvalue weighted by atomic mass is 10.1. The highest BCUT2D eigenvalue weighted by Gasteiger charge is 2.33. The minimum absolute atomic E-state index is 0.269. The molecule has 2 N–H and O–H groups in total. The Labute approximate surface area is 122 Å². The van der Waals surface area contributed by atoms with Crippen LogP contribution in [0, 0.1) is 0 Å². The summed E-state index contributed by atoms with van der Waals surface area (Å²) in [6.45, 7) is 2.06. The molecule has 0 saturated heterocycles. The summed E-state index contributed by atoms with van der Waals surface area (Å²) in [4.78, 5) is 1.83. The topological polar surface area (TPSA) is 47.7 Å². The highest BCUT2D eigenvalue weighted by atomic mass is 19.4. The maximum Gasteiger partial charge on any atom is 0.418 e. The highest BCUT2D eigenvalue weighted by molar-refractivity contribution is 5.59. The lowest BCUT2D eigenvalue weighted by Crippen LogP contribution is -2.29. The zero-order chi connectivity index (χ0) is 15.9. The van der Waals surface area contributed by atoms with Crippen LogP contribution in [0.1, 0.15) is 12.0 Å². The van der Waals surface area contributed by atoms with Crippen LogP contribution in [0.4, 0.5) is 24.5 Å². The van der Waals surface area contributed by atoms with Crippen LogP contribution < -0.4 is 10.6 Å². The van der Waals surface area contributed by atoms with Gasteiger partial charge in [-0.25, -0.2) is 0 Å². The van der Waals surface area contributed by atoms with Gasteiger partial charge in [0, 0.05) is 45.3 Å². The Morgan fingerprint density at radius 3 is 2.33 bits per heavy atom. The standard InChI is InChI=1S/C14H21F3N2O2/c1-20-8-3-6-19(7-9-21-2)11-4-5-13(18)12(10-11)14(15,16)17/h4-5,10H,3,6-9,18H2,1-2H3. The van der Waals surface area contributed by atoms with Crippen molar-refractivity contribution in [1.82, 2.24) is 0 Å². The van der Waals surface area contributed by atoms with Gasteiger partial charge >= 0.3 is 6.18 Å². The first-order valence-corrected chi connectivity index (χ1v) is 6.59. The number of nitrogens with two attached hydrogens (primary N) is 1. The lowest BCUT2D eigenvalue weighted by Gasteiger charge is -2.25. The molecule has 0 unspecified atom stereocenters. The molecule has 0 radical (unpaired) electrons. The summed E-state index contributed by atoms with van der Waals surface area (Å²) in [6, 6.07) is 3.96. The van der Waals surface area contributed by atoms with Crippen LogP contribution in [0.25, 0.3) is 0 Å². The number of anilines is 2. The minimum Gasteiger partial charge on any atom is -0.398 e. The summed E-state index contributed by atoms with van der Waals surface area (Å²) in [5, 5.41) is 0. The van der Waals surface area contributed by atoms with E-state index in [4.69, 9.17) is 15.2 Å². The number of rotatable bonds is 8. The Morgan fingerprint density at radius 2 is 1.76 bits per heavy atom. The van der Waals surface area contributed by atoms with E-state index in [2.05, 4.69) is 0 Å². The van der Waals surface area contributed by atoms with Crippen molar-refractivity contribution in [3.8, 4) is 0 Å². The van der Waals surface area contributed by atoms with Crippen LogP contribution in [0.15, 0.2) is 18.2 Å². The molecule has 0 saturated carbocycles. The molecule has 0 aromatic heterocycles. The van der Waals surface area contributed by atoms with E-state index in [-0.39, 0.29) is 5.69 Å². The molecule has 1 aromatic rings. The Bertz CT molecular complexity index is 439. The first kappa shape index (κ1) is 17.6. The van der Waals surface area contributed by atoms with Crippen molar-refractivity contribution in [3.05, 3.63) is 23.8 Å². The average Bonchev–Trinajstić information content (AvgIpc) is 2.42. The number of nitrogen functional groups attached to an aromatic ring is 1. The van der Waals surface area contributed by atoms with Crippen molar-refractivity contribution in [2.45, 2.75) is 12.6 Å². The van der Waals surface area contributed by atoms with Gasteiger partial charge in [-0.1, -0.05) is 0 Å². The zero-order valence-corrected chi connectivity index (χ0v) is 12.2. The van der Waals surface area contributed by atoms with Crippen LogP contribution in [-0.4, -0.2) is 40.5 Å². The van der Waals surface area contributed by atoms with Gasteiger partial charge in [0.15, 0.2) is 0 Å². The summed E-state index contributed by atoms with van der Waals surface area (Å²) in [6.07, 6.45) is -3.74. The van der Waals surface area contributed by atoms with Gasteiger partial charge in [0.05, 0.1) is 12.2 Å². The molecule has 0 amide bonds. The van der Waals surface area contributed by atoms with Gasteiger partial charge < -0.3 is 20.1 Å². The van der Waals surface area contributed by atoms with E-state index in [0.29, 0.717) is 38.4 Å². The molecule has 0 aliphatic carbocycles. The summed E-state index contributed by atoms with van der Waals surface area (Å²) in [5.41, 5.74) is 4.81. The number of benzene rings is 1. The van der Waals surface area contributed by atoms with E-state index in [1.54, 1.807) is 20.3 Å². The van der Waals surface area contributed by atoms with E-state index >= 15 is 0 Å². The third-order valence-electron chi connectivity index (χ3n) is 3.05. The summed E-state index contributed by atoms with van der Waals surface area (Å²) >= 11 is 0. The number of ether oxygens (including phenoxy) is 2. The van der Waals surface area contributed by atoms with Gasteiger partial charge in [-0.15, -0.1) is 0 Å². The maximum atomic E-state index is 12.9. The molecule has 120 valence electrons. The Morgan fingerprint density at radius 1 is 1.10 bits per heavy atom. The van der Waals surface area contributed by atoms with Crippen molar-refractivity contribution < 1.29 is 22.6 Å². The number of alkyl halides is 3. The molecule has 4 nitrogen and oxygen atoms in total. The van der Waals surface area contributed by atoms with Crippen molar-refractivity contribution in [2.75, 3.05) is 51.2 Å². The van der Waals surface area contributed by atoms with Crippen LogP contribution in [0.2, 0.25) is 0 Å². The molecule has 0 atom stereocenters. The molecule has 0 fully saturated rings. The molecule has 1 aromatic carbocycles. The van der Waals surface area contributed by atoms with E-state index < -0.39 is 11.7 Å². The molecule has 7 heteroatoms. The summed E-state index contributed by atoms with van der Waals surface area (Å²) < 4.78 is 48.7. The van der Waals surface area contributed by atoms with Crippen molar-refractivity contribution in [3.63, 3.8) is 0 Å². The lowest BCUT2D eigenvalue weighted by molar-refractivity contribution is -0.136. The predicted octanol–water partition coefficient (Wildman–Crippen LogP) is 2.78. The summed E-state index contributed by atoms with van der Waals surface area (Å²) in [5.74, 6) is 0. The van der Waals surface area contributed by atoms with Crippen LogP contribution in [0.3, 0.4) is 0 Å². The van der Waals surface area contributed by atoms with Crippen LogP contribution in [0.5, 0.6) is 0 Å². The Hall–Kier alpha value is -1.47. The van der Waals surface area contributed by atoms with Gasteiger partial charge in [-0.05, 0) is 24.6 Å². The number of nitrogens with zero attached hydrogens (tertiary/aromatic N) is 1. The normalized spacial score (nSPS) is 11.7. The van der Waals surface area contributed by atoms with E-state index in [1.807, 2.05) is 4.90 Å². The smallest absolute Gasteiger partial charge is 0.398 e. The second-order valence-electron chi connectivity index (χ2n) is 4.60. The van der Waals surface area contributed by atoms with Crippen molar-refractivity contribution >= 4 is 11.4 Å². The van der Waals surface area contributed by atoms with Gasteiger partial charge in [0.2, 0.25) is 0 Å². The van der Waals surface area contributed by atoms with E-state index in [0.717, 1.165) is 6.07 Å². The van der Waals surface area contributed by atoms with Gasteiger partial charge in [0.1, 0.15) is 0 Å². The molecular weight excluding hydrogens is 285 g/mol. The first-order chi connectivity index (χ1) is 9.90. The van der Waals surface area contributed by atoms with E-state index in [1.165, 1.54) is 6.07 Å². The van der Waals surface area contributed by atoms with Gasteiger partial charge in [0.25, 0.3) is 0 Å². The summed E-state index contributed by atoms with van der Waals surface area (Å²) in [7, 11) is 3.14.